The summed E-state index contributed by atoms with van der Waals surface area (Å²) in [7, 11) is 0. The van der Waals surface area contributed by atoms with E-state index in [2.05, 4.69) is 30.3 Å². The molecule has 0 N–H and O–H groups in total. The molecule has 0 bridgehead atoms. The Kier molecular flexibility index (Phi) is 3.60. The van der Waals surface area contributed by atoms with Crippen molar-refractivity contribution >= 4 is 36.3 Å². The molecule has 17 heavy (non-hydrogen) atoms. The molecule has 1 saturated heterocycles. The van der Waals surface area contributed by atoms with Crippen LogP contribution >= 0.6 is 11.8 Å². The minimum absolute atomic E-state index is 0.441. The average molecular weight is 311 g/mol. The maximum atomic E-state index is 11.6. The molecule has 0 unspecified atom stereocenters. The van der Waals surface area contributed by atoms with Crippen LogP contribution in [-0.2, 0) is 4.79 Å². The summed E-state index contributed by atoms with van der Waals surface area (Å²) < 4.78 is 1.49. The van der Waals surface area contributed by atoms with Gasteiger partial charge in [0.2, 0.25) is 0 Å². The summed E-state index contributed by atoms with van der Waals surface area (Å²) in [6, 6.07) is 10.8. The molecule has 2 fully saturated rings. The first-order valence-electron chi connectivity index (χ1n) is 6.24. The Morgan fingerprint density at radius 3 is 2.82 bits per heavy atom. The van der Waals surface area contributed by atoms with Crippen molar-refractivity contribution in [1.82, 2.24) is 0 Å². The van der Waals surface area contributed by atoms with Crippen LogP contribution in [0.2, 0.25) is 4.82 Å². The number of rotatable bonds is 2. The molecule has 3 heteroatoms. The summed E-state index contributed by atoms with van der Waals surface area (Å²) in [5, 5.41) is 1.08. The Hall–Kier alpha value is -0.241. The second-order valence-electron chi connectivity index (χ2n) is 4.82. The van der Waals surface area contributed by atoms with E-state index in [4.69, 9.17) is 0 Å². The molecular weight excluding hydrogens is 295 g/mol. The first-order chi connectivity index (χ1) is 8.33. The zero-order valence-electron chi connectivity index (χ0n) is 9.67. The fourth-order valence-corrected chi connectivity index (χ4v) is 7.52. The molecule has 1 nitrogen and oxygen atoms in total. The van der Waals surface area contributed by atoms with Gasteiger partial charge in [-0.2, -0.15) is 0 Å². The summed E-state index contributed by atoms with van der Waals surface area (Å²) in [4.78, 5) is 12.4. The van der Waals surface area contributed by atoms with Gasteiger partial charge in [-0.3, -0.25) is 0 Å². The van der Waals surface area contributed by atoms with E-state index in [0.29, 0.717) is 31.2 Å². The predicted molar refractivity (Wildman–Crippen MR) is 73.9 cm³/mol. The second-order valence-corrected chi connectivity index (χ2v) is 8.81. The Morgan fingerprint density at radius 1 is 1.18 bits per heavy atom. The van der Waals surface area contributed by atoms with Crippen molar-refractivity contribution in [1.29, 1.82) is 0 Å². The normalized spacial score (nSPS) is 32.5. The number of benzene rings is 1. The van der Waals surface area contributed by atoms with Gasteiger partial charge in [0.15, 0.2) is 0 Å². The zero-order chi connectivity index (χ0) is 11.7. The molecule has 0 spiro atoms. The first kappa shape index (κ1) is 11.8. The number of hydrogen-bond donors (Lipinski definition) is 0. The molecule has 2 aliphatic rings. The molecule has 1 saturated carbocycles. The standard InChI is InChI=1S/C14H16OSSe/c15-13-9-10-5-4-8-12(14(10)16-13)17-11-6-2-1-3-7-11/h1-3,6-7,10,12,14H,4-5,8-9H2/t10-,12+,14+/m1/s1. The fourth-order valence-electron chi connectivity index (χ4n) is 2.82. The monoisotopic (exact) mass is 312 g/mol. The molecule has 1 aromatic carbocycles. The maximum absolute atomic E-state index is 11.6. The molecule has 3 rings (SSSR count). The Morgan fingerprint density at radius 2 is 2.00 bits per heavy atom. The van der Waals surface area contributed by atoms with E-state index in [-0.39, 0.29) is 0 Å². The van der Waals surface area contributed by atoms with Gasteiger partial charge in [0.1, 0.15) is 0 Å². The third kappa shape index (κ3) is 2.62. The van der Waals surface area contributed by atoms with Crippen LogP contribution in [-0.4, -0.2) is 25.3 Å². The zero-order valence-corrected chi connectivity index (χ0v) is 12.2. The summed E-state index contributed by atoms with van der Waals surface area (Å²) in [5.41, 5.74) is 0. The van der Waals surface area contributed by atoms with E-state index in [1.54, 1.807) is 11.8 Å². The van der Waals surface area contributed by atoms with Gasteiger partial charge >= 0.3 is 113 Å². The van der Waals surface area contributed by atoms with Crippen molar-refractivity contribution in [3.05, 3.63) is 30.3 Å². The summed E-state index contributed by atoms with van der Waals surface area (Å²) in [5.74, 6) is 0.692. The van der Waals surface area contributed by atoms with E-state index in [9.17, 15) is 4.79 Å². The van der Waals surface area contributed by atoms with Crippen LogP contribution in [0, 0.1) is 5.92 Å². The van der Waals surface area contributed by atoms with Crippen molar-refractivity contribution in [2.24, 2.45) is 5.92 Å². The van der Waals surface area contributed by atoms with Crippen molar-refractivity contribution in [3.63, 3.8) is 0 Å². The van der Waals surface area contributed by atoms with Crippen LogP contribution in [0.3, 0.4) is 0 Å². The van der Waals surface area contributed by atoms with Gasteiger partial charge in [0.25, 0.3) is 0 Å². The third-order valence-corrected chi connectivity index (χ3v) is 8.31. The van der Waals surface area contributed by atoms with Crippen molar-refractivity contribution < 1.29 is 4.79 Å². The fraction of sp³-hybridized carbons (Fsp3) is 0.500. The van der Waals surface area contributed by atoms with E-state index >= 15 is 0 Å². The van der Waals surface area contributed by atoms with Gasteiger partial charge in [-0.05, 0) is 0 Å². The molecule has 90 valence electrons. The number of carbonyl (C=O) groups is 1. The molecule has 0 radical (unpaired) electrons. The van der Waals surface area contributed by atoms with Gasteiger partial charge in [0, 0.05) is 0 Å². The van der Waals surface area contributed by atoms with Gasteiger partial charge in [0.05, 0.1) is 0 Å². The van der Waals surface area contributed by atoms with Gasteiger partial charge in [-0.1, -0.05) is 0 Å². The van der Waals surface area contributed by atoms with Crippen molar-refractivity contribution in [2.75, 3.05) is 0 Å². The SMILES string of the molecule is O=C1C[C@H]2CCC[C@H]([Se]c3ccccc3)[C@H]2S1. The minimum atomic E-state index is 0.441. The van der Waals surface area contributed by atoms with Crippen LogP contribution in [0.15, 0.2) is 30.3 Å². The molecule has 1 heterocycles. The predicted octanol–water partition coefficient (Wildman–Crippen LogP) is 2.64. The molecule has 0 aromatic heterocycles. The number of thioether (sulfide) groups is 1. The molecule has 1 aliphatic heterocycles. The van der Waals surface area contributed by atoms with E-state index in [0.717, 1.165) is 11.2 Å². The summed E-state index contributed by atoms with van der Waals surface area (Å²) >= 11 is 2.20. The van der Waals surface area contributed by atoms with E-state index < -0.39 is 0 Å². The molecule has 3 atom stereocenters. The molecule has 1 aromatic rings. The van der Waals surface area contributed by atoms with Crippen LogP contribution in [0.1, 0.15) is 25.7 Å². The quantitative estimate of drug-likeness (QED) is 0.781. The topological polar surface area (TPSA) is 17.1 Å². The number of fused-ring (bicyclic) bond motifs is 1. The molecular formula is C14H16OSSe. The van der Waals surface area contributed by atoms with Crippen LogP contribution in [0.5, 0.6) is 0 Å². The van der Waals surface area contributed by atoms with Crippen molar-refractivity contribution in [2.45, 2.75) is 35.7 Å². The summed E-state index contributed by atoms with van der Waals surface area (Å²) in [6.45, 7) is 0. The van der Waals surface area contributed by atoms with Gasteiger partial charge < -0.3 is 0 Å². The second kappa shape index (κ2) is 5.17. The van der Waals surface area contributed by atoms with Crippen LogP contribution < -0.4 is 4.46 Å². The van der Waals surface area contributed by atoms with Gasteiger partial charge in [-0.15, -0.1) is 0 Å². The average Bonchev–Trinajstić information content (AvgIpc) is 2.72. The summed E-state index contributed by atoms with van der Waals surface area (Å²) in [6.07, 6.45) is 4.78. The Labute approximate surface area is 113 Å². The molecule has 1 aliphatic carbocycles. The Bertz CT molecular complexity index is 406. The van der Waals surface area contributed by atoms with E-state index in [1.807, 2.05) is 0 Å². The molecule has 0 amide bonds. The van der Waals surface area contributed by atoms with E-state index in [1.165, 1.54) is 23.7 Å². The van der Waals surface area contributed by atoms with Gasteiger partial charge in [-0.25, -0.2) is 0 Å². The number of carbonyl (C=O) groups excluding carboxylic acids is 1. The first-order valence-corrected chi connectivity index (χ1v) is 8.96. The van der Waals surface area contributed by atoms with Crippen LogP contribution in [0.25, 0.3) is 0 Å². The third-order valence-electron chi connectivity index (χ3n) is 3.62. The number of hydrogen-bond acceptors (Lipinski definition) is 2. The van der Waals surface area contributed by atoms with Crippen LogP contribution in [0.4, 0.5) is 0 Å². The van der Waals surface area contributed by atoms with Crippen molar-refractivity contribution in [3.8, 4) is 0 Å². The Balaban J connectivity index is 1.72.